The number of hydrogen-bond donors (Lipinski definition) is 2. The van der Waals surface area contributed by atoms with Gasteiger partial charge in [-0.2, -0.15) is 0 Å². The molecule has 10 heteroatoms. The van der Waals surface area contributed by atoms with Crippen LogP contribution in [0.15, 0.2) is 12.4 Å². The SMILES string of the molecule is CCCc1cc(N2CCC(NS(C)(=O)=O)CC2)nc2sc3c(N)ncnc3c12. The van der Waals surface area contributed by atoms with Crippen molar-refractivity contribution < 1.29 is 8.42 Å². The fourth-order valence-corrected chi connectivity index (χ4v) is 5.72. The molecule has 4 rings (SSSR count). The molecule has 3 aromatic heterocycles. The maximum Gasteiger partial charge on any atom is 0.208 e. The lowest BCUT2D eigenvalue weighted by molar-refractivity contribution is 0.460. The average Bonchev–Trinajstić information content (AvgIpc) is 3.01. The van der Waals surface area contributed by atoms with Gasteiger partial charge in [-0.05, 0) is 30.9 Å². The minimum atomic E-state index is -3.17. The molecule has 0 aromatic carbocycles. The number of aromatic nitrogens is 3. The molecule has 150 valence electrons. The monoisotopic (exact) mass is 420 g/mol. The summed E-state index contributed by atoms with van der Waals surface area (Å²) in [6.45, 7) is 3.69. The maximum atomic E-state index is 11.5. The molecular weight excluding hydrogens is 396 g/mol. The lowest BCUT2D eigenvalue weighted by atomic mass is 10.0. The van der Waals surface area contributed by atoms with Gasteiger partial charge in [-0.25, -0.2) is 28.1 Å². The lowest BCUT2D eigenvalue weighted by Gasteiger charge is -2.33. The van der Waals surface area contributed by atoms with E-state index in [4.69, 9.17) is 10.7 Å². The zero-order valence-electron chi connectivity index (χ0n) is 16.0. The summed E-state index contributed by atoms with van der Waals surface area (Å²) in [5, 5.41) is 1.08. The molecule has 3 N–H and O–H groups in total. The van der Waals surface area contributed by atoms with Crippen molar-refractivity contribution in [3.8, 4) is 0 Å². The number of sulfonamides is 1. The van der Waals surface area contributed by atoms with Gasteiger partial charge in [-0.1, -0.05) is 13.3 Å². The molecule has 28 heavy (non-hydrogen) atoms. The second-order valence-corrected chi connectivity index (χ2v) is 10.0. The van der Waals surface area contributed by atoms with Crippen molar-refractivity contribution in [3.63, 3.8) is 0 Å². The van der Waals surface area contributed by atoms with Gasteiger partial charge >= 0.3 is 0 Å². The third-order valence-corrected chi connectivity index (χ3v) is 6.90. The van der Waals surface area contributed by atoms with Gasteiger partial charge in [0, 0.05) is 24.5 Å². The number of hydrogen-bond acceptors (Lipinski definition) is 8. The Morgan fingerprint density at radius 1 is 1.32 bits per heavy atom. The number of nitrogen functional groups attached to an aromatic ring is 1. The number of fused-ring (bicyclic) bond motifs is 3. The van der Waals surface area contributed by atoms with E-state index in [0.29, 0.717) is 5.82 Å². The van der Waals surface area contributed by atoms with Crippen LogP contribution in [-0.2, 0) is 16.4 Å². The van der Waals surface area contributed by atoms with Gasteiger partial charge in [0.1, 0.15) is 22.8 Å². The number of anilines is 2. The van der Waals surface area contributed by atoms with Gasteiger partial charge in [0.15, 0.2) is 0 Å². The molecule has 0 spiro atoms. The highest BCUT2D eigenvalue weighted by Gasteiger charge is 2.24. The molecule has 0 unspecified atom stereocenters. The number of piperidine rings is 1. The van der Waals surface area contributed by atoms with Crippen LogP contribution in [0, 0.1) is 0 Å². The lowest BCUT2D eigenvalue weighted by Crippen LogP contribution is -2.44. The van der Waals surface area contributed by atoms with Crippen molar-refractivity contribution in [2.75, 3.05) is 30.0 Å². The Balaban J connectivity index is 1.69. The molecule has 3 aromatic rings. The first kappa shape index (κ1) is 19.3. The third-order valence-electron chi connectivity index (χ3n) is 5.04. The molecule has 0 amide bonds. The standard InChI is InChI=1S/C18H24N6O2S2/c1-3-4-11-9-13(24-7-5-12(6-8-24)23-28(2,25)26)22-18-14(11)15-16(27-18)17(19)21-10-20-15/h9-10,12,23H,3-8H2,1-2H3,(H2,19,20,21). The summed E-state index contributed by atoms with van der Waals surface area (Å²) in [5.74, 6) is 1.43. The van der Waals surface area contributed by atoms with Crippen molar-refractivity contribution >= 4 is 53.4 Å². The summed E-state index contributed by atoms with van der Waals surface area (Å²) < 4.78 is 26.5. The van der Waals surface area contributed by atoms with Crippen LogP contribution >= 0.6 is 11.3 Å². The van der Waals surface area contributed by atoms with Crippen LogP contribution < -0.4 is 15.4 Å². The van der Waals surface area contributed by atoms with Crippen molar-refractivity contribution in [1.82, 2.24) is 19.7 Å². The number of aryl methyl sites for hydroxylation is 1. The van der Waals surface area contributed by atoms with Crippen LogP contribution in [0.1, 0.15) is 31.7 Å². The van der Waals surface area contributed by atoms with Crippen molar-refractivity contribution in [3.05, 3.63) is 18.0 Å². The van der Waals surface area contributed by atoms with Crippen LogP contribution in [0.4, 0.5) is 11.6 Å². The van der Waals surface area contributed by atoms with E-state index in [9.17, 15) is 8.42 Å². The minimum Gasteiger partial charge on any atom is -0.382 e. The first-order chi connectivity index (χ1) is 13.4. The van der Waals surface area contributed by atoms with Gasteiger partial charge in [0.25, 0.3) is 0 Å². The summed E-state index contributed by atoms with van der Waals surface area (Å²) in [7, 11) is -3.17. The maximum absolute atomic E-state index is 11.5. The molecule has 1 aliphatic heterocycles. The Morgan fingerprint density at radius 2 is 2.07 bits per heavy atom. The Hall–Kier alpha value is -2.04. The van der Waals surface area contributed by atoms with Crippen LogP contribution in [0.3, 0.4) is 0 Å². The molecular formula is C18H24N6O2S2. The van der Waals surface area contributed by atoms with Crippen LogP contribution in [-0.4, -0.2) is 48.8 Å². The van der Waals surface area contributed by atoms with Crippen molar-refractivity contribution in [2.45, 2.75) is 38.6 Å². The number of pyridine rings is 1. The van der Waals surface area contributed by atoms with Crippen LogP contribution in [0.5, 0.6) is 0 Å². The van der Waals surface area contributed by atoms with E-state index >= 15 is 0 Å². The number of nitrogens with one attached hydrogen (secondary N) is 1. The zero-order valence-corrected chi connectivity index (χ0v) is 17.6. The normalized spacial score (nSPS) is 16.3. The number of nitrogens with two attached hydrogens (primary N) is 1. The van der Waals surface area contributed by atoms with Crippen molar-refractivity contribution in [2.24, 2.45) is 0 Å². The highest BCUT2D eigenvalue weighted by atomic mass is 32.2. The zero-order chi connectivity index (χ0) is 19.9. The summed E-state index contributed by atoms with van der Waals surface area (Å²) in [4.78, 5) is 16.6. The number of rotatable bonds is 5. The van der Waals surface area contributed by atoms with E-state index < -0.39 is 10.0 Å². The highest BCUT2D eigenvalue weighted by Crippen LogP contribution is 2.38. The predicted octanol–water partition coefficient (Wildman–Crippen LogP) is 2.29. The summed E-state index contributed by atoms with van der Waals surface area (Å²) in [6.07, 6.45) is 6.21. The predicted molar refractivity (Wildman–Crippen MR) is 114 cm³/mol. The Labute approximate surface area is 168 Å². The average molecular weight is 421 g/mol. The van der Waals surface area contributed by atoms with Gasteiger partial charge in [0.05, 0.1) is 16.5 Å². The van der Waals surface area contributed by atoms with Gasteiger partial charge < -0.3 is 10.6 Å². The third kappa shape index (κ3) is 3.76. The smallest absolute Gasteiger partial charge is 0.208 e. The topological polar surface area (TPSA) is 114 Å². The van der Waals surface area contributed by atoms with Gasteiger partial charge in [-0.3, -0.25) is 0 Å². The Bertz CT molecular complexity index is 1120. The van der Waals surface area contributed by atoms with Crippen LogP contribution in [0.2, 0.25) is 0 Å². The van der Waals surface area contributed by atoms with Gasteiger partial charge in [-0.15, -0.1) is 11.3 Å². The quantitative estimate of drug-likeness (QED) is 0.651. The number of nitrogens with zero attached hydrogens (tertiary/aromatic N) is 4. The molecule has 0 saturated carbocycles. The first-order valence-electron chi connectivity index (χ1n) is 9.40. The molecule has 1 saturated heterocycles. The fraction of sp³-hybridized carbons (Fsp3) is 0.500. The highest BCUT2D eigenvalue weighted by molar-refractivity contribution is 7.88. The molecule has 8 nitrogen and oxygen atoms in total. The van der Waals surface area contributed by atoms with E-state index in [1.165, 1.54) is 29.5 Å². The molecule has 1 fully saturated rings. The van der Waals surface area contributed by atoms with E-state index in [1.54, 1.807) is 0 Å². The van der Waals surface area contributed by atoms with E-state index in [2.05, 4.69) is 32.6 Å². The second-order valence-electron chi connectivity index (χ2n) is 7.26. The molecule has 1 aliphatic rings. The molecule has 0 radical (unpaired) electrons. The largest absolute Gasteiger partial charge is 0.382 e. The van der Waals surface area contributed by atoms with Crippen molar-refractivity contribution in [1.29, 1.82) is 0 Å². The van der Waals surface area contributed by atoms with Gasteiger partial charge in [0.2, 0.25) is 10.0 Å². The number of thiophene rings is 1. The summed E-state index contributed by atoms with van der Waals surface area (Å²) in [5.41, 5.74) is 8.16. The molecule has 0 aliphatic carbocycles. The molecule has 4 heterocycles. The van der Waals surface area contributed by atoms with E-state index in [-0.39, 0.29) is 6.04 Å². The molecule has 0 bridgehead atoms. The summed E-state index contributed by atoms with van der Waals surface area (Å²) in [6, 6.07) is 2.14. The second kappa shape index (κ2) is 7.41. The minimum absolute atomic E-state index is 0.00973. The first-order valence-corrected chi connectivity index (χ1v) is 12.1. The Morgan fingerprint density at radius 3 is 2.75 bits per heavy atom. The molecule has 0 atom stereocenters. The van der Waals surface area contributed by atoms with E-state index in [1.807, 2.05) is 0 Å². The fourth-order valence-electron chi connectivity index (χ4n) is 3.81. The summed E-state index contributed by atoms with van der Waals surface area (Å²) >= 11 is 1.54. The Kier molecular flexibility index (Phi) is 5.11. The van der Waals surface area contributed by atoms with E-state index in [0.717, 1.165) is 65.0 Å². The van der Waals surface area contributed by atoms with Crippen LogP contribution in [0.25, 0.3) is 20.4 Å².